The lowest BCUT2D eigenvalue weighted by atomic mass is 10.2. The second-order valence-electron chi connectivity index (χ2n) is 5.96. The van der Waals surface area contributed by atoms with Gasteiger partial charge in [0.15, 0.2) is 0 Å². The van der Waals surface area contributed by atoms with Crippen molar-refractivity contribution in [1.29, 1.82) is 0 Å². The van der Waals surface area contributed by atoms with Gasteiger partial charge in [0.05, 0.1) is 23.6 Å². The fourth-order valence-corrected chi connectivity index (χ4v) is 2.67. The lowest BCUT2D eigenvalue weighted by Gasteiger charge is -2.06. The van der Waals surface area contributed by atoms with Gasteiger partial charge in [-0.05, 0) is 23.8 Å². The average Bonchev–Trinajstić information content (AvgIpc) is 3.37. The number of rotatable bonds is 5. The van der Waals surface area contributed by atoms with Gasteiger partial charge in [-0.3, -0.25) is 9.59 Å². The van der Waals surface area contributed by atoms with Crippen LogP contribution < -0.4 is 10.6 Å². The highest BCUT2D eigenvalue weighted by atomic mass is 19.1. The summed E-state index contributed by atoms with van der Waals surface area (Å²) in [5, 5.41) is 9.45. The first-order valence-electron chi connectivity index (χ1n) is 8.32. The number of halogens is 1. The number of aromatic nitrogens is 3. The zero-order chi connectivity index (χ0) is 19.5. The lowest BCUT2D eigenvalue weighted by Crippen LogP contribution is -2.22. The molecule has 3 N–H and O–H groups in total. The Bertz CT molecular complexity index is 1140. The van der Waals surface area contributed by atoms with Gasteiger partial charge >= 0.3 is 0 Å². The van der Waals surface area contributed by atoms with Crippen molar-refractivity contribution < 1.29 is 18.5 Å². The molecule has 2 amide bonds. The second kappa shape index (κ2) is 7.31. The van der Waals surface area contributed by atoms with Crippen LogP contribution in [0.2, 0.25) is 0 Å². The minimum absolute atomic E-state index is 0.0615. The summed E-state index contributed by atoms with van der Waals surface area (Å²) in [5.74, 6) is -1.07. The molecule has 0 atom stereocenters. The summed E-state index contributed by atoms with van der Waals surface area (Å²) < 4.78 is 17.8. The van der Waals surface area contributed by atoms with E-state index in [1.165, 1.54) is 30.6 Å². The molecule has 9 heteroatoms. The number of hydrogen-bond acceptors (Lipinski definition) is 5. The van der Waals surface area contributed by atoms with Gasteiger partial charge in [0.1, 0.15) is 11.5 Å². The van der Waals surface area contributed by atoms with Crippen molar-refractivity contribution in [1.82, 2.24) is 20.4 Å². The van der Waals surface area contributed by atoms with Crippen LogP contribution in [0.3, 0.4) is 0 Å². The van der Waals surface area contributed by atoms with Crippen molar-refractivity contribution in [3.8, 4) is 0 Å². The fourth-order valence-electron chi connectivity index (χ4n) is 2.67. The number of aromatic amines is 1. The molecular weight excluding hydrogens is 365 g/mol. The molecule has 0 spiro atoms. The topological polar surface area (TPSA) is 113 Å². The molecule has 3 heterocycles. The van der Waals surface area contributed by atoms with E-state index in [-0.39, 0.29) is 24.0 Å². The highest BCUT2D eigenvalue weighted by molar-refractivity contribution is 6.08. The Hall–Kier alpha value is -4.01. The van der Waals surface area contributed by atoms with Crippen LogP contribution in [0.15, 0.2) is 59.5 Å². The van der Waals surface area contributed by atoms with E-state index in [4.69, 9.17) is 4.52 Å². The Morgan fingerprint density at radius 3 is 2.71 bits per heavy atom. The molecule has 0 aliphatic heterocycles. The first-order chi connectivity index (χ1) is 13.6. The van der Waals surface area contributed by atoms with Gasteiger partial charge in [-0.1, -0.05) is 17.3 Å². The number of carbonyl (C=O) groups excluding carboxylic acids is 2. The Balaban J connectivity index is 1.51. The summed E-state index contributed by atoms with van der Waals surface area (Å²) in [6, 6.07) is 8.94. The predicted octanol–water partition coefficient (Wildman–Crippen LogP) is 2.87. The average molecular weight is 379 g/mol. The molecule has 3 aromatic heterocycles. The summed E-state index contributed by atoms with van der Waals surface area (Å²) in [6.07, 6.45) is 4.37. The smallest absolute Gasteiger partial charge is 0.294 e. The minimum atomic E-state index is -0.475. The van der Waals surface area contributed by atoms with Gasteiger partial charge in [0.25, 0.3) is 11.8 Å². The van der Waals surface area contributed by atoms with Gasteiger partial charge in [-0.2, -0.15) is 0 Å². The summed E-state index contributed by atoms with van der Waals surface area (Å²) >= 11 is 0. The summed E-state index contributed by atoms with van der Waals surface area (Å²) in [6.45, 7) is 0.251. The van der Waals surface area contributed by atoms with Crippen molar-refractivity contribution in [3.63, 3.8) is 0 Å². The van der Waals surface area contributed by atoms with E-state index in [0.717, 1.165) is 5.56 Å². The molecule has 0 aliphatic carbocycles. The van der Waals surface area contributed by atoms with Crippen LogP contribution in [0.25, 0.3) is 11.0 Å². The first kappa shape index (κ1) is 17.4. The molecule has 140 valence electrons. The third-order valence-corrected chi connectivity index (χ3v) is 4.06. The quantitative estimate of drug-likeness (QED) is 0.493. The van der Waals surface area contributed by atoms with Crippen molar-refractivity contribution >= 4 is 28.5 Å². The number of pyridine rings is 1. The summed E-state index contributed by atoms with van der Waals surface area (Å²) in [4.78, 5) is 31.7. The highest BCUT2D eigenvalue weighted by Crippen LogP contribution is 2.21. The van der Waals surface area contributed by atoms with E-state index in [1.54, 1.807) is 24.4 Å². The van der Waals surface area contributed by atoms with Crippen LogP contribution in [-0.4, -0.2) is 26.9 Å². The van der Waals surface area contributed by atoms with Crippen molar-refractivity contribution in [2.45, 2.75) is 6.54 Å². The predicted molar refractivity (Wildman–Crippen MR) is 98.1 cm³/mol. The van der Waals surface area contributed by atoms with Crippen LogP contribution in [0.5, 0.6) is 0 Å². The number of carbonyl (C=O) groups is 2. The zero-order valence-electron chi connectivity index (χ0n) is 14.4. The Morgan fingerprint density at radius 1 is 1.14 bits per heavy atom. The molecule has 0 unspecified atom stereocenters. The summed E-state index contributed by atoms with van der Waals surface area (Å²) in [5.41, 5.74) is 2.05. The van der Waals surface area contributed by atoms with E-state index >= 15 is 0 Å². The number of nitrogens with one attached hydrogen (secondary N) is 3. The normalized spacial score (nSPS) is 10.8. The molecule has 4 rings (SSSR count). The minimum Gasteiger partial charge on any atom is -0.351 e. The van der Waals surface area contributed by atoms with E-state index in [0.29, 0.717) is 22.3 Å². The monoisotopic (exact) mass is 379 g/mol. The zero-order valence-corrected chi connectivity index (χ0v) is 14.4. The number of nitrogens with zero attached hydrogens (tertiary/aromatic N) is 2. The fraction of sp³-hybridized carbons (Fsp3) is 0.0526. The van der Waals surface area contributed by atoms with Crippen LogP contribution >= 0.6 is 0 Å². The maximum Gasteiger partial charge on any atom is 0.294 e. The molecular formula is C19H14FN5O3. The van der Waals surface area contributed by atoms with Crippen molar-refractivity contribution in [2.75, 3.05) is 5.32 Å². The highest BCUT2D eigenvalue weighted by Gasteiger charge is 2.15. The number of fused-ring (bicyclic) bond motifs is 1. The van der Waals surface area contributed by atoms with Gasteiger partial charge in [-0.15, -0.1) is 0 Å². The van der Waals surface area contributed by atoms with Gasteiger partial charge < -0.3 is 20.1 Å². The number of hydrogen-bond donors (Lipinski definition) is 3. The van der Waals surface area contributed by atoms with E-state index in [9.17, 15) is 14.0 Å². The third kappa shape index (κ3) is 3.58. The Kier molecular flexibility index (Phi) is 4.55. The maximum atomic E-state index is 13.0. The molecule has 0 saturated heterocycles. The first-order valence-corrected chi connectivity index (χ1v) is 8.32. The van der Waals surface area contributed by atoms with Crippen molar-refractivity contribution in [2.24, 2.45) is 0 Å². The molecule has 0 radical (unpaired) electrons. The third-order valence-electron chi connectivity index (χ3n) is 4.06. The number of amides is 2. The largest absolute Gasteiger partial charge is 0.351 e. The number of H-pyrrole nitrogens is 1. The standard InChI is InChI=1S/C19H14FN5O3/c20-12-3-1-11(2-4-12)8-23-18(26)15-10-22-17-14(15)7-13(9-21-17)25-19(27)16-5-6-24-28-16/h1-7,9-10H,8H2,(H,21,22)(H,23,26)(H,25,27). The van der Waals surface area contributed by atoms with Crippen LogP contribution in [-0.2, 0) is 6.54 Å². The SMILES string of the molecule is O=C(Nc1cnc2[nH]cc(C(=O)NCc3ccc(F)cc3)c2c1)c1ccno1. The molecule has 0 fully saturated rings. The molecule has 8 nitrogen and oxygen atoms in total. The molecule has 1 aromatic carbocycles. The molecule has 0 saturated carbocycles. The number of anilines is 1. The van der Waals surface area contributed by atoms with E-state index in [1.807, 2.05) is 0 Å². The lowest BCUT2D eigenvalue weighted by molar-refractivity contribution is 0.0951. The van der Waals surface area contributed by atoms with E-state index < -0.39 is 5.91 Å². The van der Waals surface area contributed by atoms with Gasteiger partial charge in [0, 0.05) is 24.2 Å². The second-order valence-corrected chi connectivity index (χ2v) is 5.96. The molecule has 0 aliphatic rings. The molecule has 28 heavy (non-hydrogen) atoms. The van der Waals surface area contributed by atoms with Gasteiger partial charge in [-0.25, -0.2) is 9.37 Å². The van der Waals surface area contributed by atoms with Crippen LogP contribution in [0.4, 0.5) is 10.1 Å². The Morgan fingerprint density at radius 2 is 1.96 bits per heavy atom. The summed E-state index contributed by atoms with van der Waals surface area (Å²) in [7, 11) is 0. The van der Waals surface area contributed by atoms with Crippen molar-refractivity contribution in [3.05, 3.63) is 77.7 Å². The molecule has 4 aromatic rings. The molecule has 0 bridgehead atoms. The van der Waals surface area contributed by atoms with Crippen LogP contribution in [0.1, 0.15) is 26.5 Å². The Labute approximate surface area is 157 Å². The van der Waals surface area contributed by atoms with Gasteiger partial charge in [0.2, 0.25) is 5.76 Å². The maximum absolute atomic E-state index is 13.0. The van der Waals surface area contributed by atoms with Crippen LogP contribution in [0, 0.1) is 5.82 Å². The van der Waals surface area contributed by atoms with E-state index in [2.05, 4.69) is 25.8 Å². The number of benzene rings is 1.